The molecule has 0 fully saturated rings. The van der Waals surface area contributed by atoms with Crippen molar-refractivity contribution in [3.63, 3.8) is 0 Å². The van der Waals surface area contributed by atoms with Crippen molar-refractivity contribution >= 4 is 23.2 Å². The van der Waals surface area contributed by atoms with Gasteiger partial charge in [0.15, 0.2) is 0 Å². The molecule has 0 bridgehead atoms. The summed E-state index contributed by atoms with van der Waals surface area (Å²) in [6.45, 7) is -0.473. The molecule has 1 heterocycles. The SMILES string of the molecule is O=C(Cn1cnc(-c2ccc(Cl)cc2)cc1=O)Nc1ccccc1C(F)(F)F. The molecule has 28 heavy (non-hydrogen) atoms. The Labute approximate surface area is 162 Å². The minimum Gasteiger partial charge on any atom is -0.324 e. The molecule has 9 heteroatoms. The quantitative estimate of drug-likeness (QED) is 0.704. The van der Waals surface area contributed by atoms with Crippen molar-refractivity contribution in [2.45, 2.75) is 12.7 Å². The second-order valence-corrected chi connectivity index (χ2v) is 6.28. The van der Waals surface area contributed by atoms with E-state index in [0.29, 0.717) is 16.3 Å². The van der Waals surface area contributed by atoms with E-state index < -0.39 is 29.8 Å². The molecule has 1 N–H and O–H groups in total. The number of para-hydroxylation sites is 1. The van der Waals surface area contributed by atoms with Crippen LogP contribution in [0.25, 0.3) is 11.3 Å². The molecule has 0 aliphatic heterocycles. The molecule has 1 amide bonds. The van der Waals surface area contributed by atoms with Crippen molar-refractivity contribution in [3.05, 3.63) is 81.9 Å². The first-order valence-electron chi connectivity index (χ1n) is 8.02. The van der Waals surface area contributed by atoms with E-state index >= 15 is 0 Å². The van der Waals surface area contributed by atoms with E-state index in [2.05, 4.69) is 10.3 Å². The van der Waals surface area contributed by atoms with Crippen LogP contribution in [-0.4, -0.2) is 15.5 Å². The summed E-state index contributed by atoms with van der Waals surface area (Å²) in [5, 5.41) is 2.72. The van der Waals surface area contributed by atoms with Gasteiger partial charge < -0.3 is 5.32 Å². The van der Waals surface area contributed by atoms with Crippen LogP contribution in [0.15, 0.2) is 65.7 Å². The predicted molar refractivity (Wildman–Crippen MR) is 99.0 cm³/mol. The van der Waals surface area contributed by atoms with Gasteiger partial charge in [0.2, 0.25) is 5.91 Å². The van der Waals surface area contributed by atoms with E-state index in [9.17, 15) is 22.8 Å². The Kier molecular flexibility index (Phi) is 5.51. The molecule has 0 saturated heterocycles. The molecule has 0 aliphatic carbocycles. The molecule has 2 aromatic carbocycles. The van der Waals surface area contributed by atoms with Gasteiger partial charge in [-0.25, -0.2) is 4.98 Å². The van der Waals surface area contributed by atoms with Gasteiger partial charge in [-0.1, -0.05) is 35.9 Å². The zero-order chi connectivity index (χ0) is 20.3. The normalized spacial score (nSPS) is 11.3. The first-order valence-corrected chi connectivity index (χ1v) is 8.40. The molecule has 1 aromatic heterocycles. The van der Waals surface area contributed by atoms with Crippen molar-refractivity contribution in [2.75, 3.05) is 5.32 Å². The number of amides is 1. The fourth-order valence-corrected chi connectivity index (χ4v) is 2.63. The fourth-order valence-electron chi connectivity index (χ4n) is 2.51. The van der Waals surface area contributed by atoms with Gasteiger partial charge in [-0.15, -0.1) is 0 Å². The largest absolute Gasteiger partial charge is 0.418 e. The van der Waals surface area contributed by atoms with Crippen LogP contribution in [0.2, 0.25) is 5.02 Å². The van der Waals surface area contributed by atoms with Gasteiger partial charge in [0, 0.05) is 16.7 Å². The Morgan fingerprint density at radius 1 is 1.11 bits per heavy atom. The molecule has 0 saturated carbocycles. The number of hydrogen-bond donors (Lipinski definition) is 1. The van der Waals surface area contributed by atoms with Crippen LogP contribution in [0.5, 0.6) is 0 Å². The summed E-state index contributed by atoms with van der Waals surface area (Å²) in [5.41, 5.74) is -0.803. The van der Waals surface area contributed by atoms with E-state index in [1.807, 2.05) is 0 Å². The molecular formula is C19H13ClF3N3O2. The van der Waals surface area contributed by atoms with E-state index in [-0.39, 0.29) is 5.69 Å². The molecule has 3 rings (SSSR count). The van der Waals surface area contributed by atoms with Crippen LogP contribution >= 0.6 is 11.6 Å². The van der Waals surface area contributed by atoms with Crippen LogP contribution in [0.3, 0.4) is 0 Å². The highest BCUT2D eigenvalue weighted by Gasteiger charge is 2.33. The summed E-state index contributed by atoms with van der Waals surface area (Å²) in [6.07, 6.45) is -3.44. The molecular weight excluding hydrogens is 395 g/mol. The van der Waals surface area contributed by atoms with Crippen molar-refractivity contribution in [2.24, 2.45) is 0 Å². The molecule has 0 unspecified atom stereocenters. The highest BCUT2D eigenvalue weighted by Crippen LogP contribution is 2.34. The van der Waals surface area contributed by atoms with Gasteiger partial charge in [-0.3, -0.25) is 14.2 Å². The summed E-state index contributed by atoms with van der Waals surface area (Å²) in [6, 6.07) is 12.5. The van der Waals surface area contributed by atoms with Gasteiger partial charge in [0.25, 0.3) is 5.56 Å². The summed E-state index contributed by atoms with van der Waals surface area (Å²) in [4.78, 5) is 28.5. The monoisotopic (exact) mass is 407 g/mol. The number of rotatable bonds is 4. The maximum Gasteiger partial charge on any atom is 0.418 e. The zero-order valence-corrected chi connectivity index (χ0v) is 15.0. The summed E-state index contributed by atoms with van der Waals surface area (Å²) < 4.78 is 40.0. The van der Waals surface area contributed by atoms with E-state index in [1.165, 1.54) is 24.5 Å². The van der Waals surface area contributed by atoms with Crippen LogP contribution in [0, 0.1) is 0 Å². The van der Waals surface area contributed by atoms with Crippen molar-refractivity contribution in [1.29, 1.82) is 0 Å². The molecule has 0 radical (unpaired) electrons. The van der Waals surface area contributed by atoms with Crippen LogP contribution in [-0.2, 0) is 17.5 Å². The number of anilines is 1. The van der Waals surface area contributed by atoms with Crippen LogP contribution < -0.4 is 10.9 Å². The maximum absolute atomic E-state index is 13.0. The molecule has 0 atom stereocenters. The lowest BCUT2D eigenvalue weighted by atomic mass is 10.1. The van der Waals surface area contributed by atoms with Gasteiger partial charge >= 0.3 is 6.18 Å². The number of nitrogens with one attached hydrogen (secondary N) is 1. The van der Waals surface area contributed by atoms with Crippen LogP contribution in [0.1, 0.15) is 5.56 Å². The Balaban J connectivity index is 1.77. The molecule has 0 spiro atoms. The smallest absolute Gasteiger partial charge is 0.324 e. The second kappa shape index (κ2) is 7.85. The Bertz CT molecular complexity index is 1060. The fraction of sp³-hybridized carbons (Fsp3) is 0.105. The van der Waals surface area contributed by atoms with Crippen LogP contribution in [0.4, 0.5) is 18.9 Å². The number of halogens is 4. The van der Waals surface area contributed by atoms with Crippen molar-refractivity contribution in [1.82, 2.24) is 9.55 Å². The lowest BCUT2D eigenvalue weighted by Crippen LogP contribution is -2.28. The standard InChI is InChI=1S/C19H13ClF3N3O2/c20-13-7-5-12(6-8-13)16-9-18(28)26(11-24-16)10-17(27)25-15-4-2-1-3-14(15)19(21,22)23/h1-9,11H,10H2,(H,25,27). The highest BCUT2D eigenvalue weighted by atomic mass is 35.5. The predicted octanol–water partition coefficient (Wildman–Crippen LogP) is 4.22. The third-order valence-electron chi connectivity index (χ3n) is 3.84. The lowest BCUT2D eigenvalue weighted by molar-refractivity contribution is -0.137. The third-order valence-corrected chi connectivity index (χ3v) is 4.09. The Morgan fingerprint density at radius 2 is 1.79 bits per heavy atom. The average Bonchev–Trinajstić information content (AvgIpc) is 2.63. The lowest BCUT2D eigenvalue weighted by Gasteiger charge is -2.14. The number of carbonyl (C=O) groups excluding carboxylic acids is 1. The van der Waals surface area contributed by atoms with Crippen molar-refractivity contribution < 1.29 is 18.0 Å². The van der Waals surface area contributed by atoms with Crippen molar-refractivity contribution in [3.8, 4) is 11.3 Å². The zero-order valence-electron chi connectivity index (χ0n) is 14.2. The summed E-state index contributed by atoms with van der Waals surface area (Å²) in [5.74, 6) is -0.778. The van der Waals surface area contributed by atoms with E-state index in [4.69, 9.17) is 11.6 Å². The van der Waals surface area contributed by atoms with Gasteiger partial charge in [-0.2, -0.15) is 13.2 Å². The van der Waals surface area contributed by atoms with Gasteiger partial charge in [0.1, 0.15) is 6.54 Å². The number of nitrogens with zero attached hydrogens (tertiary/aromatic N) is 2. The Hall–Kier alpha value is -3.13. The molecule has 144 valence electrons. The number of hydrogen-bond acceptors (Lipinski definition) is 3. The number of alkyl halides is 3. The molecule has 5 nitrogen and oxygen atoms in total. The van der Waals surface area contributed by atoms with E-state index in [0.717, 1.165) is 16.7 Å². The summed E-state index contributed by atoms with van der Waals surface area (Å²) >= 11 is 5.82. The first kappa shape index (κ1) is 19.6. The third kappa shape index (κ3) is 4.58. The number of benzene rings is 2. The maximum atomic E-state index is 13.0. The number of carbonyl (C=O) groups is 1. The van der Waals surface area contributed by atoms with E-state index in [1.54, 1.807) is 24.3 Å². The molecule has 3 aromatic rings. The summed E-state index contributed by atoms with van der Waals surface area (Å²) in [7, 11) is 0. The topological polar surface area (TPSA) is 64.0 Å². The Morgan fingerprint density at radius 3 is 2.43 bits per heavy atom. The molecule has 0 aliphatic rings. The number of aromatic nitrogens is 2. The first-order chi connectivity index (χ1) is 13.2. The average molecular weight is 408 g/mol. The minimum absolute atomic E-state index is 0.376. The van der Waals surface area contributed by atoms with Gasteiger partial charge in [-0.05, 0) is 24.3 Å². The highest BCUT2D eigenvalue weighted by molar-refractivity contribution is 6.30. The van der Waals surface area contributed by atoms with Gasteiger partial charge in [0.05, 0.1) is 23.3 Å². The minimum atomic E-state index is -4.61. The second-order valence-electron chi connectivity index (χ2n) is 5.84.